The molecule has 1 atom stereocenters. The summed E-state index contributed by atoms with van der Waals surface area (Å²) in [6, 6.07) is 18.2. The predicted octanol–water partition coefficient (Wildman–Crippen LogP) is 3.56. The number of aryl methyl sites for hydroxylation is 1. The number of nitrogens with one attached hydrogen (secondary N) is 1. The average molecular weight is 340 g/mol. The lowest BCUT2D eigenvalue weighted by Crippen LogP contribution is -2.43. The Bertz CT molecular complexity index is 641. The molecule has 2 amide bonds. The van der Waals surface area contributed by atoms with Crippen molar-refractivity contribution in [2.24, 2.45) is 0 Å². The fraction of sp³-hybridized carbons (Fsp3) is 0.381. The molecule has 0 radical (unpaired) electrons. The van der Waals surface area contributed by atoms with E-state index >= 15 is 0 Å². The minimum atomic E-state index is -0.142. The first-order chi connectivity index (χ1) is 12.1. The van der Waals surface area contributed by atoms with E-state index in [0.29, 0.717) is 13.1 Å². The van der Waals surface area contributed by atoms with E-state index in [4.69, 9.17) is 0 Å². The fourth-order valence-corrected chi connectivity index (χ4v) is 2.75. The van der Waals surface area contributed by atoms with Gasteiger partial charge in [-0.1, -0.05) is 61.5 Å². The summed E-state index contributed by atoms with van der Waals surface area (Å²) in [4.78, 5) is 14.2. The molecule has 0 fully saturated rings. The molecule has 0 aliphatic rings. The van der Waals surface area contributed by atoms with E-state index in [1.807, 2.05) is 37.3 Å². The number of urea groups is 1. The van der Waals surface area contributed by atoms with Crippen LogP contribution in [0.2, 0.25) is 0 Å². The number of carbonyl (C=O) groups is 1. The Morgan fingerprint density at radius 1 is 1.04 bits per heavy atom. The third-order valence-corrected chi connectivity index (χ3v) is 4.40. The summed E-state index contributed by atoms with van der Waals surface area (Å²) in [5.74, 6) is 0. The number of hydrogen-bond acceptors (Lipinski definition) is 2. The number of amides is 2. The van der Waals surface area contributed by atoms with E-state index < -0.39 is 0 Å². The monoisotopic (exact) mass is 340 g/mol. The van der Waals surface area contributed by atoms with E-state index in [2.05, 4.69) is 36.5 Å². The lowest BCUT2D eigenvalue weighted by molar-refractivity contribution is 0.175. The lowest BCUT2D eigenvalue weighted by Gasteiger charge is -2.25. The van der Waals surface area contributed by atoms with E-state index in [1.54, 1.807) is 4.90 Å². The molecule has 0 heterocycles. The van der Waals surface area contributed by atoms with Crippen LogP contribution in [-0.4, -0.2) is 35.7 Å². The molecule has 0 spiro atoms. The van der Waals surface area contributed by atoms with E-state index in [-0.39, 0.29) is 18.7 Å². The highest BCUT2D eigenvalue weighted by molar-refractivity contribution is 5.74. The van der Waals surface area contributed by atoms with Crippen molar-refractivity contribution < 1.29 is 9.90 Å². The second kappa shape index (κ2) is 9.84. The zero-order chi connectivity index (χ0) is 18.1. The molecular formula is C21H28N2O2. The van der Waals surface area contributed by atoms with Crippen molar-refractivity contribution >= 4 is 6.03 Å². The molecule has 25 heavy (non-hydrogen) atoms. The molecule has 4 nitrogen and oxygen atoms in total. The Morgan fingerprint density at radius 2 is 1.72 bits per heavy atom. The van der Waals surface area contributed by atoms with Crippen LogP contribution >= 0.6 is 0 Å². The van der Waals surface area contributed by atoms with Gasteiger partial charge in [0.25, 0.3) is 0 Å². The van der Waals surface area contributed by atoms with Gasteiger partial charge in [0.15, 0.2) is 0 Å². The molecule has 2 aromatic carbocycles. The number of carbonyl (C=O) groups excluding carboxylic acids is 1. The summed E-state index contributed by atoms with van der Waals surface area (Å²) in [5, 5.41) is 12.3. The van der Waals surface area contributed by atoms with Crippen molar-refractivity contribution in [2.75, 3.05) is 19.7 Å². The van der Waals surface area contributed by atoms with Crippen LogP contribution in [0, 0.1) is 0 Å². The summed E-state index contributed by atoms with van der Waals surface area (Å²) < 4.78 is 0. The van der Waals surface area contributed by atoms with Gasteiger partial charge in [-0.3, -0.25) is 0 Å². The normalized spacial score (nSPS) is 11.8. The highest BCUT2D eigenvalue weighted by Gasteiger charge is 2.16. The molecule has 2 aromatic rings. The molecule has 0 aliphatic carbocycles. The zero-order valence-electron chi connectivity index (χ0n) is 15.1. The first-order valence-corrected chi connectivity index (χ1v) is 8.93. The summed E-state index contributed by atoms with van der Waals surface area (Å²) in [6.45, 7) is 4.98. The summed E-state index contributed by atoms with van der Waals surface area (Å²) in [5.41, 5.74) is 3.55. The number of aliphatic hydroxyl groups excluding tert-OH is 1. The van der Waals surface area contributed by atoms with Gasteiger partial charge >= 0.3 is 6.03 Å². The van der Waals surface area contributed by atoms with E-state index in [1.165, 1.54) is 11.1 Å². The van der Waals surface area contributed by atoms with E-state index in [9.17, 15) is 9.90 Å². The quantitative estimate of drug-likeness (QED) is 0.772. The maximum Gasteiger partial charge on any atom is 0.317 e. The van der Waals surface area contributed by atoms with Crippen LogP contribution in [0.3, 0.4) is 0 Å². The van der Waals surface area contributed by atoms with Crippen LogP contribution in [-0.2, 0) is 12.8 Å². The molecule has 4 heteroatoms. The van der Waals surface area contributed by atoms with E-state index in [0.717, 1.165) is 18.4 Å². The number of rotatable bonds is 8. The van der Waals surface area contributed by atoms with Crippen molar-refractivity contribution in [3.05, 3.63) is 71.3 Å². The van der Waals surface area contributed by atoms with Crippen molar-refractivity contribution in [3.63, 3.8) is 0 Å². The molecule has 134 valence electrons. The van der Waals surface area contributed by atoms with Crippen LogP contribution in [0.15, 0.2) is 54.6 Å². The third kappa shape index (κ3) is 5.91. The molecule has 0 saturated heterocycles. The van der Waals surface area contributed by atoms with Gasteiger partial charge in [0.05, 0.1) is 12.6 Å². The first-order valence-electron chi connectivity index (χ1n) is 8.93. The van der Waals surface area contributed by atoms with Gasteiger partial charge in [0.2, 0.25) is 0 Å². The predicted molar refractivity (Wildman–Crippen MR) is 102 cm³/mol. The van der Waals surface area contributed by atoms with Crippen LogP contribution in [0.1, 0.15) is 36.6 Å². The largest absolute Gasteiger partial charge is 0.395 e. The Kier molecular flexibility index (Phi) is 7.48. The summed E-state index contributed by atoms with van der Waals surface area (Å²) >= 11 is 0. The number of nitrogens with zero attached hydrogens (tertiary/aromatic N) is 1. The topological polar surface area (TPSA) is 52.6 Å². The SMILES string of the molecule is CCc1ccc(C(C)NC(=O)N(CCO)CCc2ccccc2)cc1. The van der Waals surface area contributed by atoms with Crippen molar-refractivity contribution in [2.45, 2.75) is 32.7 Å². The molecule has 0 saturated carbocycles. The fourth-order valence-electron chi connectivity index (χ4n) is 2.75. The van der Waals surface area contributed by atoms with Crippen LogP contribution in [0.5, 0.6) is 0 Å². The molecule has 2 N–H and O–H groups in total. The minimum absolute atomic E-state index is 0.0399. The smallest absolute Gasteiger partial charge is 0.317 e. The Hall–Kier alpha value is -2.33. The molecule has 0 aromatic heterocycles. The van der Waals surface area contributed by atoms with Crippen LogP contribution < -0.4 is 5.32 Å². The van der Waals surface area contributed by atoms with Gasteiger partial charge < -0.3 is 15.3 Å². The van der Waals surface area contributed by atoms with Gasteiger partial charge in [0, 0.05) is 13.1 Å². The van der Waals surface area contributed by atoms with Gasteiger partial charge in [0.1, 0.15) is 0 Å². The summed E-state index contributed by atoms with van der Waals surface area (Å²) in [6.07, 6.45) is 1.78. The van der Waals surface area contributed by atoms with Crippen molar-refractivity contribution in [1.82, 2.24) is 10.2 Å². The number of benzene rings is 2. The highest BCUT2D eigenvalue weighted by Crippen LogP contribution is 2.14. The van der Waals surface area contributed by atoms with Crippen molar-refractivity contribution in [3.8, 4) is 0 Å². The second-order valence-electron chi connectivity index (χ2n) is 6.21. The third-order valence-electron chi connectivity index (χ3n) is 4.40. The van der Waals surface area contributed by atoms with Gasteiger partial charge in [-0.2, -0.15) is 0 Å². The van der Waals surface area contributed by atoms with Crippen LogP contribution in [0.25, 0.3) is 0 Å². The maximum absolute atomic E-state index is 12.6. The number of aliphatic hydroxyl groups is 1. The van der Waals surface area contributed by atoms with Crippen molar-refractivity contribution in [1.29, 1.82) is 0 Å². The standard InChI is InChI=1S/C21H28N2O2/c1-3-18-9-11-20(12-10-18)17(2)22-21(25)23(15-16-24)14-13-19-7-5-4-6-8-19/h4-12,17,24H,3,13-16H2,1-2H3,(H,22,25). The lowest BCUT2D eigenvalue weighted by atomic mass is 10.1. The Balaban J connectivity index is 1.93. The maximum atomic E-state index is 12.6. The first kappa shape index (κ1) is 19.0. The minimum Gasteiger partial charge on any atom is -0.395 e. The average Bonchev–Trinajstić information content (AvgIpc) is 2.65. The van der Waals surface area contributed by atoms with Gasteiger partial charge in [-0.05, 0) is 36.5 Å². The molecule has 0 aliphatic heterocycles. The Morgan fingerprint density at radius 3 is 2.32 bits per heavy atom. The zero-order valence-corrected chi connectivity index (χ0v) is 15.1. The molecule has 1 unspecified atom stereocenters. The number of hydrogen-bond donors (Lipinski definition) is 2. The van der Waals surface area contributed by atoms with Gasteiger partial charge in [-0.15, -0.1) is 0 Å². The highest BCUT2D eigenvalue weighted by atomic mass is 16.3. The second-order valence-corrected chi connectivity index (χ2v) is 6.21. The Labute approximate surface area is 150 Å². The summed E-state index contributed by atoms with van der Waals surface area (Å²) in [7, 11) is 0. The van der Waals surface area contributed by atoms with Gasteiger partial charge in [-0.25, -0.2) is 4.79 Å². The molecule has 0 bridgehead atoms. The molecular weight excluding hydrogens is 312 g/mol. The van der Waals surface area contributed by atoms with Crippen LogP contribution in [0.4, 0.5) is 4.79 Å². The molecule has 2 rings (SSSR count).